The molecular weight excluding hydrogens is 222 g/mol. The van der Waals surface area contributed by atoms with Crippen LogP contribution in [-0.4, -0.2) is 13.1 Å². The summed E-state index contributed by atoms with van der Waals surface area (Å²) in [5, 5.41) is 0. The van der Waals surface area contributed by atoms with Crippen LogP contribution in [0.25, 0.3) is 0 Å². The summed E-state index contributed by atoms with van der Waals surface area (Å²) in [4.78, 5) is 1.91. The Labute approximate surface area is 100 Å². The highest BCUT2D eigenvalue weighted by Crippen LogP contribution is 2.31. The van der Waals surface area contributed by atoms with E-state index in [1.165, 1.54) is 0 Å². The third kappa shape index (κ3) is 2.14. The summed E-state index contributed by atoms with van der Waals surface area (Å²) in [7, 11) is 0. The molecule has 1 aliphatic heterocycles. The monoisotopic (exact) mass is 240 g/mol. The molecule has 0 amide bonds. The SMILES string of the molecule is CC1CN(c2ccc(CN)c(F)c2F)CC1C. The van der Waals surface area contributed by atoms with Gasteiger partial charge >= 0.3 is 0 Å². The molecule has 2 unspecified atom stereocenters. The van der Waals surface area contributed by atoms with Crippen LogP contribution in [0.15, 0.2) is 12.1 Å². The number of halogens is 2. The Morgan fingerprint density at radius 2 is 1.76 bits per heavy atom. The number of benzene rings is 1. The average Bonchev–Trinajstić information content (AvgIpc) is 2.63. The summed E-state index contributed by atoms with van der Waals surface area (Å²) in [6.07, 6.45) is 0. The van der Waals surface area contributed by atoms with Crippen LogP contribution in [0, 0.1) is 23.5 Å². The maximum absolute atomic E-state index is 13.9. The summed E-state index contributed by atoms with van der Waals surface area (Å²) in [5.74, 6) is -0.565. The van der Waals surface area contributed by atoms with Crippen molar-refractivity contribution in [2.45, 2.75) is 20.4 Å². The van der Waals surface area contributed by atoms with Gasteiger partial charge in [0.1, 0.15) is 0 Å². The van der Waals surface area contributed by atoms with Crippen molar-refractivity contribution in [3.63, 3.8) is 0 Å². The minimum atomic E-state index is -0.808. The molecule has 1 aliphatic rings. The van der Waals surface area contributed by atoms with Gasteiger partial charge in [-0.1, -0.05) is 19.9 Å². The lowest BCUT2D eigenvalue weighted by Crippen LogP contribution is -2.21. The Balaban J connectivity index is 2.31. The first-order valence-corrected chi connectivity index (χ1v) is 5.96. The fraction of sp³-hybridized carbons (Fsp3) is 0.538. The van der Waals surface area contributed by atoms with Gasteiger partial charge in [-0.2, -0.15) is 0 Å². The van der Waals surface area contributed by atoms with Crippen molar-refractivity contribution >= 4 is 5.69 Å². The third-order valence-electron chi connectivity index (χ3n) is 3.69. The van der Waals surface area contributed by atoms with Crippen LogP contribution in [-0.2, 0) is 6.54 Å². The summed E-state index contributed by atoms with van der Waals surface area (Å²) in [5.41, 5.74) is 5.93. The molecule has 1 aromatic carbocycles. The van der Waals surface area contributed by atoms with Crippen LogP contribution >= 0.6 is 0 Å². The highest BCUT2D eigenvalue weighted by Gasteiger charge is 2.28. The van der Waals surface area contributed by atoms with Gasteiger partial charge in [0, 0.05) is 25.2 Å². The topological polar surface area (TPSA) is 29.3 Å². The first kappa shape index (κ1) is 12.3. The fourth-order valence-corrected chi connectivity index (χ4v) is 2.31. The quantitative estimate of drug-likeness (QED) is 0.860. The van der Waals surface area contributed by atoms with E-state index < -0.39 is 11.6 Å². The minimum Gasteiger partial charge on any atom is -0.369 e. The van der Waals surface area contributed by atoms with E-state index in [0.29, 0.717) is 17.5 Å². The molecular formula is C13H18F2N2. The lowest BCUT2D eigenvalue weighted by Gasteiger charge is -2.20. The van der Waals surface area contributed by atoms with Crippen molar-refractivity contribution in [2.75, 3.05) is 18.0 Å². The maximum atomic E-state index is 13.9. The van der Waals surface area contributed by atoms with Gasteiger partial charge in [0.2, 0.25) is 0 Å². The molecule has 2 N–H and O–H groups in total. The highest BCUT2D eigenvalue weighted by atomic mass is 19.2. The molecule has 0 radical (unpaired) electrons. The van der Waals surface area contributed by atoms with Crippen LogP contribution < -0.4 is 10.6 Å². The zero-order valence-electron chi connectivity index (χ0n) is 10.2. The predicted molar refractivity (Wildman–Crippen MR) is 64.8 cm³/mol. The number of hydrogen-bond acceptors (Lipinski definition) is 2. The molecule has 1 heterocycles. The molecule has 17 heavy (non-hydrogen) atoms. The van der Waals surface area contributed by atoms with E-state index in [0.717, 1.165) is 13.1 Å². The zero-order chi connectivity index (χ0) is 12.6. The van der Waals surface area contributed by atoms with Crippen LogP contribution in [0.2, 0.25) is 0 Å². The second kappa shape index (κ2) is 4.61. The average molecular weight is 240 g/mol. The molecule has 1 aromatic rings. The number of rotatable bonds is 2. The Hall–Kier alpha value is -1.16. The number of nitrogens with two attached hydrogens (primary N) is 1. The van der Waals surface area contributed by atoms with Crippen molar-refractivity contribution < 1.29 is 8.78 Å². The van der Waals surface area contributed by atoms with E-state index in [4.69, 9.17) is 5.73 Å². The second-order valence-electron chi connectivity index (χ2n) is 4.94. The molecule has 0 saturated carbocycles. The van der Waals surface area contributed by atoms with Gasteiger partial charge in [-0.25, -0.2) is 8.78 Å². The minimum absolute atomic E-state index is 0.0236. The normalized spacial score (nSPS) is 24.4. The third-order valence-corrected chi connectivity index (χ3v) is 3.69. The Bertz CT molecular complexity index is 410. The lowest BCUT2D eigenvalue weighted by atomic mass is 10.0. The van der Waals surface area contributed by atoms with Crippen LogP contribution in [0.1, 0.15) is 19.4 Å². The van der Waals surface area contributed by atoms with E-state index in [-0.39, 0.29) is 12.1 Å². The van der Waals surface area contributed by atoms with Crippen molar-refractivity contribution in [3.05, 3.63) is 29.3 Å². The van der Waals surface area contributed by atoms with Gasteiger partial charge in [0.15, 0.2) is 11.6 Å². The maximum Gasteiger partial charge on any atom is 0.182 e. The smallest absolute Gasteiger partial charge is 0.182 e. The van der Waals surface area contributed by atoms with Crippen molar-refractivity contribution in [1.82, 2.24) is 0 Å². The first-order valence-electron chi connectivity index (χ1n) is 5.96. The summed E-state index contributed by atoms with van der Waals surface area (Å²) < 4.78 is 27.5. The molecule has 4 heteroatoms. The number of anilines is 1. The molecule has 1 saturated heterocycles. The molecule has 0 bridgehead atoms. The van der Waals surface area contributed by atoms with Gasteiger partial charge in [-0.15, -0.1) is 0 Å². The molecule has 0 aliphatic carbocycles. The van der Waals surface area contributed by atoms with Crippen LogP contribution in [0.5, 0.6) is 0 Å². The summed E-state index contributed by atoms with van der Waals surface area (Å²) in [6, 6.07) is 3.20. The van der Waals surface area contributed by atoms with E-state index in [9.17, 15) is 8.78 Å². The van der Waals surface area contributed by atoms with E-state index in [1.54, 1.807) is 12.1 Å². The lowest BCUT2D eigenvalue weighted by molar-refractivity contribution is 0.494. The predicted octanol–water partition coefficient (Wildman–Crippen LogP) is 2.52. The second-order valence-corrected chi connectivity index (χ2v) is 4.94. The molecule has 1 fully saturated rings. The Kier molecular flexibility index (Phi) is 3.33. The Morgan fingerprint density at radius 1 is 1.18 bits per heavy atom. The van der Waals surface area contributed by atoms with E-state index in [1.807, 2.05) is 4.90 Å². The molecule has 2 rings (SSSR count). The molecule has 0 spiro atoms. The van der Waals surface area contributed by atoms with Gasteiger partial charge in [-0.05, 0) is 17.9 Å². The van der Waals surface area contributed by atoms with Crippen LogP contribution in [0.4, 0.5) is 14.5 Å². The van der Waals surface area contributed by atoms with Crippen molar-refractivity contribution in [2.24, 2.45) is 17.6 Å². The van der Waals surface area contributed by atoms with Crippen LogP contribution in [0.3, 0.4) is 0 Å². The van der Waals surface area contributed by atoms with Gasteiger partial charge in [-0.3, -0.25) is 0 Å². The summed E-state index contributed by atoms with van der Waals surface area (Å²) in [6.45, 7) is 5.84. The standard InChI is InChI=1S/C13H18F2N2/c1-8-6-17(7-9(8)2)11-4-3-10(5-16)12(14)13(11)15/h3-4,8-9H,5-7,16H2,1-2H3. The molecule has 0 aromatic heterocycles. The number of hydrogen-bond donors (Lipinski definition) is 1. The van der Waals surface area contributed by atoms with Crippen molar-refractivity contribution in [3.8, 4) is 0 Å². The highest BCUT2D eigenvalue weighted by molar-refractivity contribution is 5.51. The van der Waals surface area contributed by atoms with E-state index in [2.05, 4.69) is 13.8 Å². The largest absolute Gasteiger partial charge is 0.369 e. The fourth-order valence-electron chi connectivity index (χ4n) is 2.31. The van der Waals surface area contributed by atoms with Gasteiger partial charge in [0.25, 0.3) is 0 Å². The summed E-state index contributed by atoms with van der Waals surface area (Å²) >= 11 is 0. The van der Waals surface area contributed by atoms with Gasteiger partial charge in [0.05, 0.1) is 5.69 Å². The number of nitrogens with zero attached hydrogens (tertiary/aromatic N) is 1. The zero-order valence-corrected chi connectivity index (χ0v) is 10.2. The molecule has 2 atom stereocenters. The molecule has 2 nitrogen and oxygen atoms in total. The molecule has 94 valence electrons. The van der Waals surface area contributed by atoms with E-state index >= 15 is 0 Å². The Morgan fingerprint density at radius 3 is 2.29 bits per heavy atom. The van der Waals surface area contributed by atoms with Gasteiger partial charge < -0.3 is 10.6 Å². The van der Waals surface area contributed by atoms with Crippen molar-refractivity contribution in [1.29, 1.82) is 0 Å². The first-order chi connectivity index (χ1) is 8.04.